The molecule has 174 valence electrons. The number of nitrogens with zero attached hydrogens (tertiary/aromatic N) is 4. The van der Waals surface area contributed by atoms with E-state index in [1.807, 2.05) is 24.3 Å². The number of likely N-dealkylation sites (tertiary alicyclic amines) is 1. The minimum atomic E-state index is -0.294. The maximum Gasteiger partial charge on any atom is 0.261 e. The van der Waals surface area contributed by atoms with Crippen molar-refractivity contribution in [3.05, 3.63) is 76.9 Å². The van der Waals surface area contributed by atoms with Gasteiger partial charge in [0.25, 0.3) is 11.8 Å². The standard InChI is InChI=1S/C25H24N4O5/c1-33-20-10-5-2-7-16(20)13-21-26-23(34-27-21)17-14-28(15-17)22(30)11-6-12-29-24(31)18-8-3-4-9-19(18)25(29)32/h2-5,7-10,17H,6,11-15H2,1H3. The van der Waals surface area contributed by atoms with Crippen LogP contribution in [0.3, 0.4) is 0 Å². The molecule has 2 aromatic carbocycles. The van der Waals surface area contributed by atoms with Crippen LogP contribution in [-0.4, -0.2) is 64.4 Å². The molecule has 3 amide bonds. The third-order valence-electron chi connectivity index (χ3n) is 6.26. The predicted molar refractivity (Wildman–Crippen MR) is 120 cm³/mol. The third kappa shape index (κ3) is 4.05. The minimum Gasteiger partial charge on any atom is -0.496 e. The van der Waals surface area contributed by atoms with Gasteiger partial charge in [-0.1, -0.05) is 35.5 Å². The van der Waals surface area contributed by atoms with Gasteiger partial charge in [-0.15, -0.1) is 0 Å². The lowest BCUT2D eigenvalue weighted by Crippen LogP contribution is -2.48. The van der Waals surface area contributed by atoms with Crippen LogP contribution in [0.1, 0.15) is 56.8 Å². The fourth-order valence-electron chi connectivity index (χ4n) is 4.35. The van der Waals surface area contributed by atoms with Crippen molar-refractivity contribution < 1.29 is 23.6 Å². The Morgan fingerprint density at radius 3 is 2.44 bits per heavy atom. The van der Waals surface area contributed by atoms with Crippen LogP contribution in [0.5, 0.6) is 5.75 Å². The number of fused-ring (bicyclic) bond motifs is 1. The highest BCUT2D eigenvalue weighted by Gasteiger charge is 2.37. The summed E-state index contributed by atoms with van der Waals surface area (Å²) in [4.78, 5) is 44.8. The van der Waals surface area contributed by atoms with Crippen molar-refractivity contribution >= 4 is 17.7 Å². The van der Waals surface area contributed by atoms with E-state index in [2.05, 4.69) is 10.1 Å². The molecule has 1 aromatic heterocycles. The molecule has 9 nitrogen and oxygen atoms in total. The van der Waals surface area contributed by atoms with E-state index in [4.69, 9.17) is 9.26 Å². The molecule has 9 heteroatoms. The van der Waals surface area contributed by atoms with E-state index in [9.17, 15) is 14.4 Å². The van der Waals surface area contributed by atoms with Crippen molar-refractivity contribution in [1.29, 1.82) is 0 Å². The van der Waals surface area contributed by atoms with Gasteiger partial charge in [0.2, 0.25) is 11.8 Å². The van der Waals surface area contributed by atoms with Crippen LogP contribution in [0.15, 0.2) is 53.1 Å². The summed E-state index contributed by atoms with van der Waals surface area (Å²) in [5.41, 5.74) is 1.82. The van der Waals surface area contributed by atoms with E-state index >= 15 is 0 Å². The SMILES string of the molecule is COc1ccccc1Cc1noc(C2CN(C(=O)CCCN3C(=O)c4ccccc4C3=O)C2)n1. The molecule has 1 fully saturated rings. The van der Waals surface area contributed by atoms with Gasteiger partial charge in [-0.05, 0) is 24.6 Å². The van der Waals surface area contributed by atoms with E-state index < -0.39 is 0 Å². The average molecular weight is 460 g/mol. The van der Waals surface area contributed by atoms with E-state index in [0.29, 0.717) is 48.8 Å². The van der Waals surface area contributed by atoms with Crippen LogP contribution < -0.4 is 4.74 Å². The highest BCUT2D eigenvalue weighted by atomic mass is 16.5. The summed E-state index contributed by atoms with van der Waals surface area (Å²) in [6.07, 6.45) is 1.19. The quantitative estimate of drug-likeness (QED) is 0.476. The highest BCUT2D eigenvalue weighted by Crippen LogP contribution is 2.28. The molecule has 2 aliphatic rings. The molecule has 0 radical (unpaired) electrons. The molecular weight excluding hydrogens is 436 g/mol. The van der Waals surface area contributed by atoms with Crippen LogP contribution in [0, 0.1) is 0 Å². The van der Waals surface area contributed by atoms with Crippen LogP contribution in [0.25, 0.3) is 0 Å². The van der Waals surface area contributed by atoms with Crippen molar-refractivity contribution in [2.24, 2.45) is 0 Å². The Hall–Kier alpha value is -4.01. The van der Waals surface area contributed by atoms with E-state index in [1.165, 1.54) is 4.90 Å². The molecule has 3 heterocycles. The number of imide groups is 1. The Morgan fingerprint density at radius 1 is 1.06 bits per heavy atom. The predicted octanol–water partition coefficient (Wildman–Crippen LogP) is 2.67. The molecule has 1 saturated heterocycles. The summed E-state index contributed by atoms with van der Waals surface area (Å²) in [6, 6.07) is 14.5. The fraction of sp³-hybridized carbons (Fsp3) is 0.320. The largest absolute Gasteiger partial charge is 0.496 e. The molecule has 34 heavy (non-hydrogen) atoms. The summed E-state index contributed by atoms with van der Waals surface area (Å²) in [5, 5.41) is 4.07. The van der Waals surface area contributed by atoms with Crippen LogP contribution in [-0.2, 0) is 11.2 Å². The Bertz CT molecular complexity index is 1210. The second-order valence-electron chi connectivity index (χ2n) is 8.44. The van der Waals surface area contributed by atoms with E-state index in [0.717, 1.165) is 11.3 Å². The van der Waals surface area contributed by atoms with Gasteiger partial charge in [0.05, 0.1) is 24.2 Å². The van der Waals surface area contributed by atoms with Crippen LogP contribution in [0.2, 0.25) is 0 Å². The molecule has 0 bridgehead atoms. The van der Waals surface area contributed by atoms with E-state index in [-0.39, 0.29) is 36.6 Å². The van der Waals surface area contributed by atoms with Gasteiger partial charge >= 0.3 is 0 Å². The molecular formula is C25H24N4O5. The second kappa shape index (κ2) is 9.09. The summed E-state index contributed by atoms with van der Waals surface area (Å²) >= 11 is 0. The van der Waals surface area contributed by atoms with Crippen molar-refractivity contribution in [2.75, 3.05) is 26.7 Å². The molecule has 0 unspecified atom stereocenters. The zero-order chi connectivity index (χ0) is 23.7. The highest BCUT2D eigenvalue weighted by molar-refractivity contribution is 6.21. The summed E-state index contributed by atoms with van der Waals surface area (Å²) in [6.45, 7) is 1.26. The summed E-state index contributed by atoms with van der Waals surface area (Å²) < 4.78 is 10.8. The molecule has 0 atom stereocenters. The number of ether oxygens (including phenoxy) is 1. The topological polar surface area (TPSA) is 106 Å². The average Bonchev–Trinajstić information content (AvgIpc) is 3.37. The number of methoxy groups -OCH3 is 1. The Balaban J connectivity index is 1.09. The normalized spacial score (nSPS) is 15.4. The van der Waals surface area contributed by atoms with E-state index in [1.54, 1.807) is 36.3 Å². The van der Waals surface area contributed by atoms with Gasteiger partial charge in [-0.25, -0.2) is 0 Å². The van der Waals surface area contributed by atoms with Gasteiger partial charge in [0.15, 0.2) is 5.82 Å². The number of hydrogen-bond acceptors (Lipinski definition) is 7. The zero-order valence-corrected chi connectivity index (χ0v) is 18.8. The van der Waals surface area contributed by atoms with Gasteiger partial charge in [0, 0.05) is 38.0 Å². The Morgan fingerprint density at radius 2 is 1.74 bits per heavy atom. The van der Waals surface area contributed by atoms with Gasteiger partial charge in [0.1, 0.15) is 5.75 Å². The molecule has 0 saturated carbocycles. The Labute approximate surface area is 196 Å². The lowest BCUT2D eigenvalue weighted by molar-refractivity contribution is -0.136. The maximum absolute atomic E-state index is 12.5. The van der Waals surface area contributed by atoms with Crippen molar-refractivity contribution in [1.82, 2.24) is 19.9 Å². The first-order valence-corrected chi connectivity index (χ1v) is 11.2. The molecule has 3 aromatic rings. The molecule has 0 spiro atoms. The number of hydrogen-bond donors (Lipinski definition) is 0. The summed E-state index contributed by atoms with van der Waals surface area (Å²) in [5.74, 6) is 1.29. The first kappa shape index (κ1) is 21.8. The molecule has 0 N–H and O–H groups in total. The summed E-state index contributed by atoms with van der Waals surface area (Å²) in [7, 11) is 1.63. The lowest BCUT2D eigenvalue weighted by Gasteiger charge is -2.37. The van der Waals surface area contributed by atoms with Crippen LogP contribution >= 0.6 is 0 Å². The lowest BCUT2D eigenvalue weighted by atomic mass is 9.99. The van der Waals surface area contributed by atoms with Crippen molar-refractivity contribution in [3.63, 3.8) is 0 Å². The first-order chi connectivity index (χ1) is 16.5. The monoisotopic (exact) mass is 460 g/mol. The number of rotatable bonds is 8. The van der Waals surface area contributed by atoms with Gasteiger partial charge in [-0.2, -0.15) is 4.98 Å². The van der Waals surface area contributed by atoms with Crippen molar-refractivity contribution in [3.8, 4) is 5.75 Å². The third-order valence-corrected chi connectivity index (χ3v) is 6.26. The number of amides is 3. The second-order valence-corrected chi connectivity index (χ2v) is 8.44. The molecule has 2 aliphatic heterocycles. The van der Waals surface area contributed by atoms with Crippen LogP contribution in [0.4, 0.5) is 0 Å². The molecule has 5 rings (SSSR count). The Kier molecular flexibility index (Phi) is 5.83. The van der Waals surface area contributed by atoms with Crippen molar-refractivity contribution in [2.45, 2.75) is 25.2 Å². The number of benzene rings is 2. The van der Waals surface area contributed by atoms with Gasteiger partial charge in [-0.3, -0.25) is 19.3 Å². The number of carbonyl (C=O) groups excluding carboxylic acids is 3. The number of para-hydroxylation sites is 1. The molecule has 0 aliphatic carbocycles. The first-order valence-electron chi connectivity index (χ1n) is 11.2. The minimum absolute atomic E-state index is 0.0124. The smallest absolute Gasteiger partial charge is 0.261 e. The zero-order valence-electron chi connectivity index (χ0n) is 18.8. The number of aromatic nitrogens is 2. The number of carbonyl (C=O) groups is 3. The maximum atomic E-state index is 12.5. The fourth-order valence-corrected chi connectivity index (χ4v) is 4.35. The van der Waals surface area contributed by atoms with Gasteiger partial charge < -0.3 is 14.2 Å².